The van der Waals surface area contributed by atoms with Crippen molar-refractivity contribution in [2.24, 2.45) is 0 Å². The summed E-state index contributed by atoms with van der Waals surface area (Å²) < 4.78 is 0. The first kappa shape index (κ1) is 12.7. The second kappa shape index (κ2) is 5.00. The van der Waals surface area contributed by atoms with Gasteiger partial charge in [-0.25, -0.2) is 0 Å². The molecular weight excluding hydrogens is 228 g/mol. The van der Waals surface area contributed by atoms with Crippen LogP contribution < -0.4 is 0 Å². The van der Waals surface area contributed by atoms with Gasteiger partial charge in [0.25, 0.3) is 0 Å². The highest BCUT2D eigenvalue weighted by Crippen LogP contribution is 2.51. The summed E-state index contributed by atoms with van der Waals surface area (Å²) in [6, 6.07) is 9.34. The normalized spacial score (nSPS) is 21.4. The van der Waals surface area contributed by atoms with Crippen LogP contribution in [0.2, 0.25) is 0 Å². The van der Waals surface area contributed by atoms with Gasteiger partial charge in [0, 0.05) is 5.41 Å². The van der Waals surface area contributed by atoms with Gasteiger partial charge >= 0.3 is 0 Å². The Labute approximate surface area is 117 Å². The molecule has 1 aromatic rings. The molecule has 0 N–H and O–H groups in total. The summed E-state index contributed by atoms with van der Waals surface area (Å²) in [4.78, 5) is 0. The quantitative estimate of drug-likeness (QED) is 0.638. The summed E-state index contributed by atoms with van der Waals surface area (Å²) in [5, 5.41) is 0. The van der Waals surface area contributed by atoms with Gasteiger partial charge in [0.1, 0.15) is 0 Å². The summed E-state index contributed by atoms with van der Waals surface area (Å²) in [6.45, 7) is 4.45. The summed E-state index contributed by atoms with van der Waals surface area (Å²) in [7, 11) is 0. The maximum absolute atomic E-state index is 2.46. The number of rotatable bonds is 2. The van der Waals surface area contributed by atoms with Gasteiger partial charge < -0.3 is 0 Å². The van der Waals surface area contributed by atoms with Crippen LogP contribution in [-0.2, 0) is 5.41 Å². The molecule has 19 heavy (non-hydrogen) atoms. The van der Waals surface area contributed by atoms with E-state index in [1.54, 1.807) is 16.7 Å². The molecule has 0 amide bonds. The van der Waals surface area contributed by atoms with Gasteiger partial charge in [-0.15, -0.1) is 0 Å². The van der Waals surface area contributed by atoms with Crippen LogP contribution in [0.1, 0.15) is 63.5 Å². The molecular formula is C19H24. The lowest BCUT2D eigenvalue weighted by Crippen LogP contribution is -2.33. The molecule has 0 unspecified atom stereocenters. The van der Waals surface area contributed by atoms with Gasteiger partial charge in [0.05, 0.1) is 0 Å². The number of benzene rings is 1. The Kier molecular flexibility index (Phi) is 3.35. The Morgan fingerprint density at radius 3 is 2.63 bits per heavy atom. The van der Waals surface area contributed by atoms with E-state index in [2.05, 4.69) is 50.3 Å². The second-order valence-corrected chi connectivity index (χ2v) is 5.97. The Balaban J connectivity index is 2.23. The van der Waals surface area contributed by atoms with E-state index in [0.29, 0.717) is 5.41 Å². The van der Waals surface area contributed by atoms with E-state index in [1.807, 2.05) is 0 Å². The smallest absolute Gasteiger partial charge is 0.0206 e. The molecule has 0 saturated heterocycles. The lowest BCUT2D eigenvalue weighted by Gasteiger charge is -2.43. The summed E-state index contributed by atoms with van der Waals surface area (Å²) in [5.74, 6) is 0. The number of hydrogen-bond donors (Lipinski definition) is 0. The third-order valence-electron chi connectivity index (χ3n) is 5.00. The highest BCUT2D eigenvalue weighted by Gasteiger charge is 2.40. The van der Waals surface area contributed by atoms with Crippen molar-refractivity contribution >= 4 is 5.57 Å². The van der Waals surface area contributed by atoms with Crippen LogP contribution in [0.3, 0.4) is 0 Å². The zero-order chi connectivity index (χ0) is 13.3. The highest BCUT2D eigenvalue weighted by molar-refractivity contribution is 5.77. The average molecular weight is 252 g/mol. The molecule has 0 aromatic heterocycles. The average Bonchev–Trinajstić information content (AvgIpc) is 2.47. The van der Waals surface area contributed by atoms with Crippen molar-refractivity contribution in [3.05, 3.63) is 53.1 Å². The molecule has 2 aliphatic carbocycles. The Morgan fingerprint density at radius 2 is 1.95 bits per heavy atom. The Hall–Kier alpha value is -1.30. The monoisotopic (exact) mass is 252 g/mol. The van der Waals surface area contributed by atoms with Gasteiger partial charge in [0.15, 0.2) is 0 Å². The summed E-state index contributed by atoms with van der Waals surface area (Å²) >= 11 is 0. The predicted octanol–water partition coefficient (Wildman–Crippen LogP) is 5.64. The minimum absolute atomic E-state index is 0.324. The zero-order valence-corrected chi connectivity index (χ0v) is 12.2. The molecule has 2 aliphatic rings. The molecule has 0 heteroatoms. The molecule has 0 heterocycles. The fraction of sp³-hybridized carbons (Fsp3) is 0.474. The van der Waals surface area contributed by atoms with E-state index in [9.17, 15) is 0 Å². The van der Waals surface area contributed by atoms with E-state index in [0.717, 1.165) is 6.42 Å². The molecule has 2 bridgehead atoms. The number of hydrogen-bond acceptors (Lipinski definition) is 0. The third kappa shape index (κ3) is 1.89. The molecule has 1 saturated carbocycles. The molecule has 0 aliphatic heterocycles. The van der Waals surface area contributed by atoms with E-state index < -0.39 is 0 Å². The maximum Gasteiger partial charge on any atom is 0.0206 e. The molecule has 100 valence electrons. The van der Waals surface area contributed by atoms with E-state index in [4.69, 9.17) is 0 Å². The fourth-order valence-corrected chi connectivity index (χ4v) is 4.14. The molecule has 0 atom stereocenters. The van der Waals surface area contributed by atoms with Crippen LogP contribution in [0.4, 0.5) is 0 Å². The first-order valence-electron chi connectivity index (χ1n) is 7.79. The second-order valence-electron chi connectivity index (χ2n) is 5.97. The summed E-state index contributed by atoms with van der Waals surface area (Å²) in [5.41, 5.74) is 6.53. The van der Waals surface area contributed by atoms with E-state index >= 15 is 0 Å². The lowest BCUT2D eigenvalue weighted by molar-refractivity contribution is 0.344. The van der Waals surface area contributed by atoms with Crippen molar-refractivity contribution in [3.8, 4) is 0 Å². The SMILES string of the molecule is C/C=C\C1=C(CC)c2cccc(c2)C12CCCCC2. The first-order valence-corrected chi connectivity index (χ1v) is 7.79. The number of allylic oxidation sites excluding steroid dienone is 4. The first-order chi connectivity index (χ1) is 9.31. The Morgan fingerprint density at radius 1 is 1.16 bits per heavy atom. The van der Waals surface area contributed by atoms with Crippen molar-refractivity contribution in [1.29, 1.82) is 0 Å². The zero-order valence-electron chi connectivity index (χ0n) is 12.2. The molecule has 1 aromatic carbocycles. The maximum atomic E-state index is 2.46. The summed E-state index contributed by atoms with van der Waals surface area (Å²) in [6.07, 6.45) is 12.6. The number of fused-ring (bicyclic) bond motifs is 3. The van der Waals surface area contributed by atoms with Crippen molar-refractivity contribution in [1.82, 2.24) is 0 Å². The van der Waals surface area contributed by atoms with Crippen LogP contribution >= 0.6 is 0 Å². The third-order valence-corrected chi connectivity index (χ3v) is 5.00. The van der Waals surface area contributed by atoms with E-state index in [1.165, 1.54) is 37.7 Å². The predicted molar refractivity (Wildman–Crippen MR) is 83.2 cm³/mol. The molecule has 3 rings (SSSR count). The van der Waals surface area contributed by atoms with Gasteiger partial charge in [-0.3, -0.25) is 0 Å². The largest absolute Gasteiger partial charge is 0.0873 e. The van der Waals surface area contributed by atoms with Crippen molar-refractivity contribution in [3.63, 3.8) is 0 Å². The van der Waals surface area contributed by atoms with Crippen LogP contribution in [0.15, 0.2) is 42.0 Å². The van der Waals surface area contributed by atoms with Gasteiger partial charge in [0.2, 0.25) is 0 Å². The Bertz CT molecular complexity index is 525. The topological polar surface area (TPSA) is 0 Å². The molecule has 0 radical (unpaired) electrons. The lowest BCUT2D eigenvalue weighted by atomic mass is 9.60. The van der Waals surface area contributed by atoms with Crippen molar-refractivity contribution in [2.75, 3.05) is 0 Å². The minimum Gasteiger partial charge on any atom is -0.0873 e. The standard InChI is InChI=1S/C19H24/c1-3-9-18-17(4-2)15-10-8-11-16(14-15)19(18)12-6-5-7-13-19/h3,8-11,14H,4-7,12-13H2,1-2H3/b9-3-. The van der Waals surface area contributed by atoms with E-state index in [-0.39, 0.29) is 0 Å². The van der Waals surface area contributed by atoms with Crippen molar-refractivity contribution < 1.29 is 0 Å². The fourth-order valence-electron chi connectivity index (χ4n) is 4.14. The van der Waals surface area contributed by atoms with Crippen LogP contribution in [-0.4, -0.2) is 0 Å². The van der Waals surface area contributed by atoms with Gasteiger partial charge in [-0.1, -0.05) is 62.6 Å². The highest BCUT2D eigenvalue weighted by atomic mass is 14.4. The van der Waals surface area contributed by atoms with Crippen LogP contribution in [0.25, 0.3) is 5.57 Å². The molecule has 1 fully saturated rings. The minimum atomic E-state index is 0.324. The molecule has 0 nitrogen and oxygen atoms in total. The van der Waals surface area contributed by atoms with Crippen molar-refractivity contribution in [2.45, 2.75) is 57.8 Å². The van der Waals surface area contributed by atoms with Gasteiger partial charge in [-0.2, -0.15) is 0 Å². The van der Waals surface area contributed by atoms with Crippen LogP contribution in [0.5, 0.6) is 0 Å². The van der Waals surface area contributed by atoms with Gasteiger partial charge in [-0.05, 0) is 48.5 Å². The molecule has 1 spiro atoms. The van der Waals surface area contributed by atoms with Crippen LogP contribution in [0, 0.1) is 0 Å².